The van der Waals surface area contributed by atoms with Crippen molar-refractivity contribution in [3.05, 3.63) is 15.9 Å². The number of rotatable bonds is 4. The Bertz CT molecular complexity index is 492. The lowest BCUT2D eigenvalue weighted by molar-refractivity contribution is 0.420. The first-order chi connectivity index (χ1) is 8.51. The average molecular weight is 370 g/mol. The van der Waals surface area contributed by atoms with Gasteiger partial charge in [0.15, 0.2) is 0 Å². The Morgan fingerprint density at radius 2 is 2.00 bits per heavy atom. The van der Waals surface area contributed by atoms with E-state index in [0.29, 0.717) is 9.46 Å². The summed E-state index contributed by atoms with van der Waals surface area (Å²) in [4.78, 5) is 0. The lowest BCUT2D eigenvalue weighted by atomic mass is 9.96. The third-order valence-electron chi connectivity index (χ3n) is 3.14. The second kappa shape index (κ2) is 6.26. The van der Waals surface area contributed by atoms with Crippen LogP contribution in [0.25, 0.3) is 0 Å². The van der Waals surface area contributed by atoms with Crippen LogP contribution in [0.15, 0.2) is 20.1 Å². The zero-order valence-electron chi connectivity index (χ0n) is 10.1. The maximum absolute atomic E-state index is 12.1. The third kappa shape index (κ3) is 3.72. The van der Waals surface area contributed by atoms with Crippen molar-refractivity contribution in [2.45, 2.75) is 41.2 Å². The molecule has 0 bridgehead atoms. The lowest BCUT2D eigenvalue weighted by Gasteiger charge is -2.27. The van der Waals surface area contributed by atoms with Crippen molar-refractivity contribution in [3.8, 4) is 0 Å². The van der Waals surface area contributed by atoms with Gasteiger partial charge >= 0.3 is 0 Å². The van der Waals surface area contributed by atoms with Gasteiger partial charge in [-0.3, -0.25) is 0 Å². The molecule has 18 heavy (non-hydrogen) atoms. The van der Waals surface area contributed by atoms with E-state index in [1.807, 2.05) is 11.8 Å². The Hall–Kier alpha value is 0.440. The Balaban J connectivity index is 1.97. The van der Waals surface area contributed by atoms with Gasteiger partial charge in [-0.1, -0.05) is 0 Å². The monoisotopic (exact) mass is 369 g/mol. The number of thioether (sulfide) groups is 1. The van der Waals surface area contributed by atoms with E-state index in [9.17, 15) is 8.42 Å². The highest BCUT2D eigenvalue weighted by Gasteiger charge is 2.26. The van der Waals surface area contributed by atoms with Gasteiger partial charge in [0.2, 0.25) is 10.0 Å². The molecule has 1 fully saturated rings. The molecule has 0 saturated heterocycles. The van der Waals surface area contributed by atoms with Crippen molar-refractivity contribution in [1.82, 2.24) is 4.72 Å². The van der Waals surface area contributed by atoms with E-state index in [-0.39, 0.29) is 6.04 Å². The summed E-state index contributed by atoms with van der Waals surface area (Å²) in [5.41, 5.74) is 0. The van der Waals surface area contributed by atoms with Gasteiger partial charge in [-0.25, -0.2) is 13.1 Å². The summed E-state index contributed by atoms with van der Waals surface area (Å²) in [5, 5.41) is 0.696. The maximum atomic E-state index is 12.1. The molecule has 0 radical (unpaired) electrons. The molecule has 7 heteroatoms. The van der Waals surface area contributed by atoms with Crippen LogP contribution in [0, 0.1) is 0 Å². The van der Waals surface area contributed by atoms with E-state index in [2.05, 4.69) is 26.9 Å². The van der Waals surface area contributed by atoms with E-state index in [1.54, 1.807) is 12.1 Å². The van der Waals surface area contributed by atoms with Crippen molar-refractivity contribution in [2.24, 2.45) is 0 Å². The van der Waals surface area contributed by atoms with E-state index < -0.39 is 10.0 Å². The Morgan fingerprint density at radius 3 is 2.50 bits per heavy atom. The minimum absolute atomic E-state index is 0.0966. The number of sulfonamides is 1. The molecule has 1 aromatic rings. The molecule has 0 unspecified atom stereocenters. The summed E-state index contributed by atoms with van der Waals surface area (Å²) in [6.45, 7) is 0. The lowest BCUT2D eigenvalue weighted by Crippen LogP contribution is -2.37. The number of hydrogen-bond acceptors (Lipinski definition) is 4. The van der Waals surface area contributed by atoms with Crippen molar-refractivity contribution in [3.63, 3.8) is 0 Å². The molecule has 1 aromatic heterocycles. The van der Waals surface area contributed by atoms with Gasteiger partial charge in [-0.15, -0.1) is 11.3 Å². The topological polar surface area (TPSA) is 46.2 Å². The maximum Gasteiger partial charge on any atom is 0.250 e. The van der Waals surface area contributed by atoms with Crippen molar-refractivity contribution >= 4 is 49.1 Å². The first-order valence-corrected chi connectivity index (χ1v) is 10.2. The summed E-state index contributed by atoms with van der Waals surface area (Å²) in [6, 6.07) is 3.51. The zero-order valence-corrected chi connectivity index (χ0v) is 14.1. The number of thiophene rings is 1. The zero-order chi connectivity index (χ0) is 13.2. The normalized spacial score (nSPS) is 25.2. The Kier molecular flexibility index (Phi) is 5.16. The molecule has 1 heterocycles. The minimum Gasteiger partial charge on any atom is -0.207 e. The number of hydrogen-bond donors (Lipinski definition) is 1. The molecule has 0 spiro atoms. The highest BCUT2D eigenvalue weighted by atomic mass is 79.9. The predicted molar refractivity (Wildman–Crippen MR) is 81.9 cm³/mol. The minimum atomic E-state index is -3.33. The summed E-state index contributed by atoms with van der Waals surface area (Å²) < 4.78 is 28.3. The molecule has 0 amide bonds. The van der Waals surface area contributed by atoms with Gasteiger partial charge in [0.05, 0.1) is 3.79 Å². The molecule has 102 valence electrons. The molecular weight excluding hydrogens is 354 g/mol. The molecule has 1 aliphatic rings. The van der Waals surface area contributed by atoms with Crippen molar-refractivity contribution in [2.75, 3.05) is 6.26 Å². The molecule has 1 saturated carbocycles. The molecule has 1 aliphatic carbocycles. The van der Waals surface area contributed by atoms with E-state index in [4.69, 9.17) is 0 Å². The van der Waals surface area contributed by atoms with Gasteiger partial charge < -0.3 is 0 Å². The molecule has 3 nitrogen and oxygen atoms in total. The fraction of sp³-hybridized carbons (Fsp3) is 0.636. The van der Waals surface area contributed by atoms with Crippen LogP contribution in [0.3, 0.4) is 0 Å². The van der Waals surface area contributed by atoms with Gasteiger partial charge in [0.25, 0.3) is 0 Å². The second-order valence-corrected chi connectivity index (χ2v) is 9.93. The molecular formula is C11H16BrNO2S3. The van der Waals surface area contributed by atoms with Crippen LogP contribution < -0.4 is 4.72 Å². The quantitative estimate of drug-likeness (QED) is 0.883. The molecule has 2 rings (SSSR count). The largest absolute Gasteiger partial charge is 0.250 e. The highest BCUT2D eigenvalue weighted by Crippen LogP contribution is 2.29. The number of halogens is 1. The van der Waals surface area contributed by atoms with Crippen LogP contribution in [0.2, 0.25) is 0 Å². The second-order valence-electron chi connectivity index (χ2n) is 4.39. The van der Waals surface area contributed by atoms with E-state index in [0.717, 1.165) is 29.5 Å². The average Bonchev–Trinajstić information content (AvgIpc) is 2.77. The summed E-state index contributed by atoms with van der Waals surface area (Å²) in [5.74, 6) is 0. The highest BCUT2D eigenvalue weighted by molar-refractivity contribution is 9.11. The van der Waals surface area contributed by atoms with Gasteiger partial charge in [0.1, 0.15) is 4.21 Å². The number of nitrogens with one attached hydrogen (secondary N) is 1. The van der Waals surface area contributed by atoms with Crippen molar-refractivity contribution < 1.29 is 8.42 Å². The van der Waals surface area contributed by atoms with Crippen LogP contribution in [0.5, 0.6) is 0 Å². The molecule has 0 aromatic carbocycles. The van der Waals surface area contributed by atoms with Gasteiger partial charge in [-0.2, -0.15) is 11.8 Å². The van der Waals surface area contributed by atoms with Crippen LogP contribution in [0.4, 0.5) is 0 Å². The first kappa shape index (κ1) is 14.8. The Labute approximate surface area is 125 Å². The first-order valence-electron chi connectivity index (χ1n) is 5.82. The van der Waals surface area contributed by atoms with Crippen LogP contribution >= 0.6 is 39.0 Å². The fourth-order valence-electron chi connectivity index (χ4n) is 2.14. The van der Waals surface area contributed by atoms with Gasteiger partial charge in [0, 0.05) is 11.3 Å². The standard InChI is InChI=1S/C11H16BrNO2S3/c1-16-9-4-2-8(3-5-9)13-18(14,15)11-7-6-10(12)17-11/h6-9,13H,2-5H2,1H3. The van der Waals surface area contributed by atoms with Gasteiger partial charge in [-0.05, 0) is 60.0 Å². The molecule has 1 N–H and O–H groups in total. The summed E-state index contributed by atoms with van der Waals surface area (Å²) in [6.07, 6.45) is 6.21. The van der Waals surface area contributed by atoms with Crippen LogP contribution in [0.1, 0.15) is 25.7 Å². The smallest absolute Gasteiger partial charge is 0.207 e. The third-order valence-corrected chi connectivity index (χ3v) is 7.92. The summed E-state index contributed by atoms with van der Waals surface area (Å²) >= 11 is 6.43. The summed E-state index contributed by atoms with van der Waals surface area (Å²) in [7, 11) is -3.33. The fourth-order valence-corrected chi connectivity index (χ4v) is 6.21. The van der Waals surface area contributed by atoms with Crippen LogP contribution in [-0.2, 0) is 10.0 Å². The predicted octanol–water partition coefficient (Wildman–Crippen LogP) is 3.46. The molecule has 0 aliphatic heterocycles. The van der Waals surface area contributed by atoms with E-state index in [1.165, 1.54) is 11.3 Å². The van der Waals surface area contributed by atoms with Crippen LogP contribution in [-0.4, -0.2) is 26.0 Å². The molecule has 0 atom stereocenters. The Morgan fingerprint density at radius 1 is 1.33 bits per heavy atom. The van der Waals surface area contributed by atoms with E-state index >= 15 is 0 Å². The van der Waals surface area contributed by atoms with Crippen molar-refractivity contribution in [1.29, 1.82) is 0 Å². The SMILES string of the molecule is CSC1CCC(NS(=O)(=O)c2ccc(Br)s2)CC1.